The van der Waals surface area contributed by atoms with Crippen LogP contribution in [0.3, 0.4) is 0 Å². The fourth-order valence-electron chi connectivity index (χ4n) is 4.81. The van der Waals surface area contributed by atoms with Crippen LogP contribution < -0.4 is 4.90 Å². The number of anilines is 2. The molecule has 0 saturated carbocycles. The first-order valence-corrected chi connectivity index (χ1v) is 11.6. The van der Waals surface area contributed by atoms with E-state index in [2.05, 4.69) is 59.4 Å². The van der Waals surface area contributed by atoms with E-state index in [1.807, 2.05) is 0 Å². The summed E-state index contributed by atoms with van der Waals surface area (Å²) in [5.41, 5.74) is 8.00. The van der Waals surface area contributed by atoms with Gasteiger partial charge in [-0.3, -0.25) is 4.98 Å². The summed E-state index contributed by atoms with van der Waals surface area (Å²) in [4.78, 5) is 18.6. The zero-order chi connectivity index (χ0) is 23.2. The molecule has 5 heteroatoms. The molecule has 1 aliphatic carbocycles. The Bertz CT molecular complexity index is 1090. The number of hydrogen-bond donors (Lipinski definition) is 0. The van der Waals surface area contributed by atoms with Crippen LogP contribution in [0.25, 0.3) is 0 Å². The highest BCUT2D eigenvalue weighted by Crippen LogP contribution is 2.37. The van der Waals surface area contributed by atoms with E-state index in [0.29, 0.717) is 18.1 Å². The van der Waals surface area contributed by atoms with Crippen LogP contribution >= 0.6 is 0 Å². The number of nitrogens with zero attached hydrogens (tertiary/aromatic N) is 2. The number of hydrogen-bond acceptors (Lipinski definition) is 5. The number of aryl methyl sites for hydroxylation is 2. The van der Waals surface area contributed by atoms with Crippen molar-refractivity contribution >= 4 is 17.3 Å². The van der Waals surface area contributed by atoms with Crippen molar-refractivity contribution in [3.8, 4) is 0 Å². The molecular formula is C28H32N2O3. The number of rotatable bonds is 8. The SMILES string of the molecule is COCc1ccc(N(C)c2ccc3c(c2)CCC[C@H]3CCc2cnccc2C(=O)OC)cc1. The van der Waals surface area contributed by atoms with Crippen molar-refractivity contribution in [2.24, 2.45) is 0 Å². The molecule has 0 unspecified atom stereocenters. The predicted molar refractivity (Wildman–Crippen MR) is 131 cm³/mol. The number of methoxy groups -OCH3 is 2. The van der Waals surface area contributed by atoms with Gasteiger partial charge in [0.2, 0.25) is 0 Å². The minimum atomic E-state index is -0.292. The van der Waals surface area contributed by atoms with Crippen LogP contribution in [0.5, 0.6) is 0 Å². The fourth-order valence-corrected chi connectivity index (χ4v) is 4.81. The summed E-state index contributed by atoms with van der Waals surface area (Å²) in [5.74, 6) is 0.200. The Hall–Kier alpha value is -3.18. The molecule has 1 atom stereocenters. The number of fused-ring (bicyclic) bond motifs is 1. The molecule has 5 nitrogen and oxygen atoms in total. The Kier molecular flexibility index (Phi) is 7.40. The summed E-state index contributed by atoms with van der Waals surface area (Å²) in [6, 6.07) is 17.1. The Balaban J connectivity index is 1.49. The Morgan fingerprint density at radius 3 is 2.64 bits per heavy atom. The van der Waals surface area contributed by atoms with Gasteiger partial charge in [-0.25, -0.2) is 4.79 Å². The molecule has 3 aromatic rings. The maximum absolute atomic E-state index is 12.1. The average Bonchev–Trinajstić information content (AvgIpc) is 2.87. The second-order valence-electron chi connectivity index (χ2n) is 8.69. The van der Waals surface area contributed by atoms with Crippen LogP contribution in [0, 0.1) is 0 Å². The molecule has 0 bridgehead atoms. The van der Waals surface area contributed by atoms with E-state index in [9.17, 15) is 4.79 Å². The van der Waals surface area contributed by atoms with Crippen molar-refractivity contribution in [3.63, 3.8) is 0 Å². The largest absolute Gasteiger partial charge is 0.465 e. The molecule has 0 fully saturated rings. The topological polar surface area (TPSA) is 51.7 Å². The second-order valence-corrected chi connectivity index (χ2v) is 8.69. The Labute approximate surface area is 196 Å². The normalized spacial score (nSPS) is 15.1. The lowest BCUT2D eigenvalue weighted by molar-refractivity contribution is 0.0599. The lowest BCUT2D eigenvalue weighted by Gasteiger charge is -2.28. The zero-order valence-electron chi connectivity index (χ0n) is 19.7. The van der Waals surface area contributed by atoms with Crippen molar-refractivity contribution < 1.29 is 14.3 Å². The quantitative estimate of drug-likeness (QED) is 0.409. The van der Waals surface area contributed by atoms with Gasteiger partial charge in [-0.2, -0.15) is 0 Å². The third kappa shape index (κ3) is 5.25. The maximum atomic E-state index is 12.1. The van der Waals surface area contributed by atoms with E-state index < -0.39 is 0 Å². The maximum Gasteiger partial charge on any atom is 0.338 e. The van der Waals surface area contributed by atoms with E-state index in [0.717, 1.165) is 30.5 Å². The molecule has 33 heavy (non-hydrogen) atoms. The van der Waals surface area contributed by atoms with Crippen LogP contribution in [0.2, 0.25) is 0 Å². The summed E-state index contributed by atoms with van der Waals surface area (Å²) in [6.45, 7) is 0.629. The zero-order valence-corrected chi connectivity index (χ0v) is 19.7. The summed E-state index contributed by atoms with van der Waals surface area (Å²) >= 11 is 0. The molecule has 1 aliphatic rings. The van der Waals surface area contributed by atoms with E-state index in [-0.39, 0.29) is 5.97 Å². The first-order valence-electron chi connectivity index (χ1n) is 11.6. The van der Waals surface area contributed by atoms with Gasteiger partial charge >= 0.3 is 5.97 Å². The van der Waals surface area contributed by atoms with Gasteiger partial charge in [-0.15, -0.1) is 0 Å². The third-order valence-electron chi connectivity index (χ3n) is 6.66. The van der Waals surface area contributed by atoms with E-state index >= 15 is 0 Å². The third-order valence-corrected chi connectivity index (χ3v) is 6.66. The Morgan fingerprint density at radius 1 is 1.09 bits per heavy atom. The predicted octanol–water partition coefficient (Wildman–Crippen LogP) is 5.84. The van der Waals surface area contributed by atoms with Gasteiger partial charge in [0.1, 0.15) is 0 Å². The van der Waals surface area contributed by atoms with E-state index in [4.69, 9.17) is 9.47 Å². The van der Waals surface area contributed by atoms with E-state index in [1.54, 1.807) is 25.6 Å². The summed E-state index contributed by atoms with van der Waals surface area (Å²) in [7, 11) is 5.26. The fraction of sp³-hybridized carbons (Fsp3) is 0.357. The molecule has 172 valence electrons. The van der Waals surface area contributed by atoms with Crippen molar-refractivity contribution in [2.75, 3.05) is 26.2 Å². The van der Waals surface area contributed by atoms with Crippen LogP contribution in [0.15, 0.2) is 60.9 Å². The molecule has 0 radical (unpaired) electrons. The highest BCUT2D eigenvalue weighted by atomic mass is 16.5. The lowest BCUT2D eigenvalue weighted by Crippen LogP contribution is -2.15. The highest BCUT2D eigenvalue weighted by molar-refractivity contribution is 5.90. The number of carbonyl (C=O) groups is 1. The number of pyridine rings is 1. The second kappa shape index (κ2) is 10.6. The number of esters is 1. The summed E-state index contributed by atoms with van der Waals surface area (Å²) in [6.07, 6.45) is 8.74. The minimum absolute atomic E-state index is 0.292. The van der Waals surface area contributed by atoms with Crippen molar-refractivity contribution in [3.05, 3.63) is 88.7 Å². The van der Waals surface area contributed by atoms with Gasteiger partial charge in [0.15, 0.2) is 0 Å². The molecule has 4 rings (SSSR count). The molecule has 2 aromatic carbocycles. The number of benzene rings is 2. The first-order chi connectivity index (χ1) is 16.1. The molecule has 1 aromatic heterocycles. The van der Waals surface area contributed by atoms with Gasteiger partial charge in [-0.05, 0) is 90.6 Å². The molecule has 0 aliphatic heterocycles. The van der Waals surface area contributed by atoms with E-state index in [1.165, 1.54) is 42.3 Å². The molecule has 0 saturated heterocycles. The van der Waals surface area contributed by atoms with Gasteiger partial charge < -0.3 is 14.4 Å². The molecule has 0 N–H and O–H groups in total. The standard InChI is InChI=1S/C28H32N2O3/c1-30(24-11-7-20(8-12-24)19-32-2)25-13-14-26-21(5-4-6-22(26)17-25)9-10-23-18-29-16-15-27(23)28(31)33-3/h7-8,11-18,21H,4-6,9-10,19H2,1-3H3/t21-/m0/s1. The van der Waals surface area contributed by atoms with Gasteiger partial charge in [0.25, 0.3) is 0 Å². The smallest absolute Gasteiger partial charge is 0.338 e. The van der Waals surface area contributed by atoms with Crippen LogP contribution in [-0.4, -0.2) is 32.2 Å². The van der Waals surface area contributed by atoms with Crippen molar-refractivity contribution in [2.45, 2.75) is 44.6 Å². The number of aromatic nitrogens is 1. The number of ether oxygens (including phenoxy) is 2. The van der Waals surface area contributed by atoms with Gasteiger partial charge in [0.05, 0.1) is 19.3 Å². The summed E-state index contributed by atoms with van der Waals surface area (Å²) < 4.78 is 10.2. The average molecular weight is 445 g/mol. The van der Waals surface area contributed by atoms with Crippen LogP contribution in [0.1, 0.15) is 57.8 Å². The van der Waals surface area contributed by atoms with Gasteiger partial charge in [0, 0.05) is 37.9 Å². The Morgan fingerprint density at radius 2 is 1.88 bits per heavy atom. The lowest BCUT2D eigenvalue weighted by atomic mass is 9.79. The van der Waals surface area contributed by atoms with Crippen molar-refractivity contribution in [1.82, 2.24) is 4.98 Å². The first kappa shape index (κ1) is 23.0. The highest BCUT2D eigenvalue weighted by Gasteiger charge is 2.22. The monoisotopic (exact) mass is 444 g/mol. The van der Waals surface area contributed by atoms with Crippen LogP contribution in [-0.2, 0) is 28.9 Å². The molecular weight excluding hydrogens is 412 g/mol. The minimum Gasteiger partial charge on any atom is -0.465 e. The molecule has 0 spiro atoms. The van der Waals surface area contributed by atoms with Gasteiger partial charge in [-0.1, -0.05) is 18.2 Å². The molecule has 1 heterocycles. The van der Waals surface area contributed by atoms with Crippen molar-refractivity contribution in [1.29, 1.82) is 0 Å². The van der Waals surface area contributed by atoms with Crippen LogP contribution in [0.4, 0.5) is 11.4 Å². The summed E-state index contributed by atoms with van der Waals surface area (Å²) in [5, 5.41) is 0. The number of carbonyl (C=O) groups excluding carboxylic acids is 1. The molecule has 0 amide bonds.